The lowest BCUT2D eigenvalue weighted by atomic mass is 9.13. The summed E-state index contributed by atoms with van der Waals surface area (Å²) in [6.45, 7) is 2.60. The number of rotatable bonds is 8. The average molecular weight is 891 g/mol. The third-order valence-electron chi connectivity index (χ3n) is 9.81. The molecule has 324 valence electrons. The molecule has 0 radical (unpaired) electrons. The predicted molar refractivity (Wildman–Crippen MR) is 219 cm³/mol. The van der Waals surface area contributed by atoms with Crippen LogP contribution in [0, 0.1) is 11.2 Å². The van der Waals surface area contributed by atoms with Gasteiger partial charge in [0.25, 0.3) is 0 Å². The van der Waals surface area contributed by atoms with Crippen molar-refractivity contribution in [1.29, 1.82) is 0 Å². The van der Waals surface area contributed by atoms with E-state index in [9.17, 15) is 56.9 Å². The van der Waals surface area contributed by atoms with Gasteiger partial charge in [-0.15, -0.1) is 0 Å². The molecule has 0 aliphatic carbocycles. The Morgan fingerprint density at radius 2 is 0.806 bits per heavy atom. The molecule has 0 aliphatic rings. The van der Waals surface area contributed by atoms with Gasteiger partial charge in [-0.3, -0.25) is 0 Å². The van der Waals surface area contributed by atoms with Crippen molar-refractivity contribution in [3.05, 3.63) is 185 Å². The number of benzene rings is 6. The molecule has 16 heteroatoms. The van der Waals surface area contributed by atoms with Crippen molar-refractivity contribution in [2.75, 3.05) is 12.9 Å². The van der Waals surface area contributed by atoms with E-state index in [1.807, 2.05) is 61.5 Å². The molecule has 0 aliphatic heterocycles. The second-order valence-electron chi connectivity index (χ2n) is 14.2. The molecule has 6 rings (SSSR count). The lowest BCUT2D eigenvalue weighted by Crippen LogP contribution is -2.74. The first kappa shape index (κ1) is 47.1. The minimum Gasteiger partial charge on any atom is -0.494 e. The first-order chi connectivity index (χ1) is 28.9. The molecular formula is C46H35BF12O2S. The highest BCUT2D eigenvalue weighted by Gasteiger charge is 2.38. The standard InChI is InChI=1S/C28H16BF12.C18H19O2S/c30-25(31,32)17-1-9-21(10-2-17)29(22-11-3-18(4-12-22)26(33,34)35,23-13-5-19(6-14-23)27(36,37)38)24-15-7-20(8-16-24)28(39,40)41;1-3-20-18-11-9-17(10-12-18)15-21(2,19)14-13-16-7-5-4-6-8-16/h1-16H;4-12H,3,15H2,1-2H3/q-1;+1. The molecule has 0 N–H and O–H groups in total. The Hall–Kier alpha value is -5.95. The maximum Gasteiger partial charge on any atom is 0.416 e. The highest BCUT2D eigenvalue weighted by atomic mass is 32.2. The molecule has 0 aromatic heterocycles. The van der Waals surface area contributed by atoms with Crippen molar-refractivity contribution in [1.82, 2.24) is 0 Å². The molecule has 0 bridgehead atoms. The number of hydrogen-bond acceptors (Lipinski definition) is 2. The Labute approximate surface area is 350 Å². The van der Waals surface area contributed by atoms with Crippen LogP contribution in [0.2, 0.25) is 0 Å². The fourth-order valence-electron chi connectivity index (χ4n) is 6.89. The summed E-state index contributed by atoms with van der Waals surface area (Å²) >= 11 is 0. The van der Waals surface area contributed by atoms with Gasteiger partial charge in [0.2, 0.25) is 0 Å². The monoisotopic (exact) mass is 890 g/mol. The van der Waals surface area contributed by atoms with Gasteiger partial charge in [0.15, 0.2) is 15.2 Å². The summed E-state index contributed by atoms with van der Waals surface area (Å²) < 4.78 is 178. The summed E-state index contributed by atoms with van der Waals surface area (Å²) in [5, 5.41) is 2.91. The molecule has 0 fully saturated rings. The Balaban J connectivity index is 0.000000290. The molecule has 2 nitrogen and oxygen atoms in total. The summed E-state index contributed by atoms with van der Waals surface area (Å²) in [6, 6.07) is 30.9. The average Bonchev–Trinajstić information content (AvgIpc) is 3.21. The van der Waals surface area contributed by atoms with Crippen LogP contribution < -0.4 is 26.6 Å². The van der Waals surface area contributed by atoms with E-state index in [0.717, 1.165) is 65.4 Å². The van der Waals surface area contributed by atoms with E-state index >= 15 is 0 Å². The van der Waals surface area contributed by atoms with Crippen LogP contribution in [0.3, 0.4) is 0 Å². The van der Waals surface area contributed by atoms with Gasteiger partial charge in [-0.05, 0) is 37.1 Å². The summed E-state index contributed by atoms with van der Waals surface area (Å²) in [6.07, 6.45) is -20.3. The van der Waals surface area contributed by atoms with E-state index in [2.05, 4.69) is 11.2 Å². The molecule has 0 spiro atoms. The van der Waals surface area contributed by atoms with Crippen molar-refractivity contribution >= 4 is 37.9 Å². The van der Waals surface area contributed by atoms with Gasteiger partial charge in [0.1, 0.15) is 23.9 Å². The molecule has 0 saturated carbocycles. The lowest BCUT2D eigenvalue weighted by molar-refractivity contribution is -0.138. The maximum absolute atomic E-state index is 13.3. The van der Waals surface area contributed by atoms with Crippen LogP contribution in [0.1, 0.15) is 40.3 Å². The third kappa shape index (κ3) is 11.7. The molecule has 0 amide bonds. The highest BCUT2D eigenvalue weighted by Crippen LogP contribution is 2.32. The summed E-state index contributed by atoms with van der Waals surface area (Å²) in [4.78, 5) is 0. The summed E-state index contributed by atoms with van der Waals surface area (Å²) in [5.74, 6) is 4.28. The van der Waals surface area contributed by atoms with Gasteiger partial charge in [0.05, 0.1) is 28.9 Å². The van der Waals surface area contributed by atoms with Crippen molar-refractivity contribution in [2.24, 2.45) is 0 Å². The van der Waals surface area contributed by atoms with Crippen molar-refractivity contribution in [3.8, 4) is 16.9 Å². The van der Waals surface area contributed by atoms with E-state index in [1.165, 1.54) is 0 Å². The first-order valence-electron chi connectivity index (χ1n) is 18.6. The van der Waals surface area contributed by atoms with Crippen LogP contribution in [0.4, 0.5) is 52.7 Å². The summed E-state index contributed by atoms with van der Waals surface area (Å²) in [5.41, 5.74) is -2.40. The lowest BCUT2D eigenvalue weighted by Gasteiger charge is -2.44. The largest absolute Gasteiger partial charge is 0.494 e. The second-order valence-corrected chi connectivity index (χ2v) is 16.7. The minimum atomic E-state index is -4.77. The van der Waals surface area contributed by atoms with E-state index < -0.39 is 63.0 Å². The zero-order chi connectivity index (χ0) is 45.6. The van der Waals surface area contributed by atoms with E-state index in [0.29, 0.717) is 60.9 Å². The number of hydrogen-bond donors (Lipinski definition) is 0. The molecule has 1 unspecified atom stereocenters. The zero-order valence-corrected chi connectivity index (χ0v) is 33.5. The van der Waals surface area contributed by atoms with Crippen LogP contribution in [0.25, 0.3) is 0 Å². The van der Waals surface area contributed by atoms with Gasteiger partial charge in [0, 0.05) is 11.1 Å². The maximum atomic E-state index is 13.3. The molecule has 6 aromatic rings. The summed E-state index contributed by atoms with van der Waals surface area (Å²) in [7, 11) is -2.21. The molecular weight excluding hydrogens is 855 g/mol. The minimum absolute atomic E-state index is 0.0114. The van der Waals surface area contributed by atoms with Crippen LogP contribution in [-0.2, 0) is 44.6 Å². The molecule has 1 atom stereocenters. The van der Waals surface area contributed by atoms with Crippen molar-refractivity contribution < 1.29 is 61.6 Å². The van der Waals surface area contributed by atoms with Crippen LogP contribution in [-0.4, -0.2) is 19.0 Å². The first-order valence-corrected chi connectivity index (χ1v) is 20.7. The van der Waals surface area contributed by atoms with Crippen LogP contribution in [0.15, 0.2) is 152 Å². The highest BCUT2D eigenvalue weighted by molar-refractivity contribution is 8.05. The SMILES string of the molecule is CCOc1ccc(C[S+](C)(=O)C#Cc2ccccc2)cc1.FC(F)(F)c1ccc([B-](c2ccc(C(F)(F)F)cc2)(c2ccc(C(F)(F)F)cc2)c2ccc(C(F)(F)F)cc2)cc1. The number of halogens is 12. The quantitative estimate of drug-likeness (QED) is 0.0659. The predicted octanol–water partition coefficient (Wildman–Crippen LogP) is 10.9. The smallest absolute Gasteiger partial charge is 0.416 e. The van der Waals surface area contributed by atoms with Gasteiger partial charge in [-0.2, -0.15) is 74.5 Å². The fraction of sp³-hybridized carbons (Fsp3) is 0.174. The van der Waals surface area contributed by atoms with Gasteiger partial charge in [-0.25, -0.2) is 0 Å². The van der Waals surface area contributed by atoms with Crippen LogP contribution in [0.5, 0.6) is 5.75 Å². The fourth-order valence-corrected chi connectivity index (χ4v) is 8.12. The zero-order valence-electron chi connectivity index (χ0n) is 32.7. The molecule has 0 heterocycles. The topological polar surface area (TPSA) is 26.3 Å². The molecule has 0 saturated heterocycles. The van der Waals surface area contributed by atoms with E-state index in [4.69, 9.17) is 4.74 Å². The Morgan fingerprint density at radius 3 is 1.10 bits per heavy atom. The van der Waals surface area contributed by atoms with Crippen molar-refractivity contribution in [2.45, 2.75) is 37.4 Å². The van der Waals surface area contributed by atoms with E-state index in [1.54, 1.807) is 6.26 Å². The second kappa shape index (κ2) is 18.6. The van der Waals surface area contributed by atoms with Crippen molar-refractivity contribution in [3.63, 3.8) is 0 Å². The van der Waals surface area contributed by atoms with E-state index in [-0.39, 0.29) is 21.9 Å². The Kier molecular flexibility index (Phi) is 14.1. The Morgan fingerprint density at radius 1 is 0.484 bits per heavy atom. The Bertz CT molecular complexity index is 2270. The van der Waals surface area contributed by atoms with Crippen LogP contribution >= 0.6 is 0 Å². The van der Waals surface area contributed by atoms with Gasteiger partial charge < -0.3 is 4.74 Å². The number of alkyl halides is 12. The molecule has 6 aromatic carbocycles. The van der Waals surface area contributed by atoms with Gasteiger partial charge in [-0.1, -0.05) is 132 Å². The third-order valence-corrected chi connectivity index (χ3v) is 11.2. The normalized spacial score (nSPS) is 13.2. The number of ether oxygens (including phenoxy) is 1. The van der Waals surface area contributed by atoms with Gasteiger partial charge >= 0.3 is 24.7 Å². The molecule has 62 heavy (non-hydrogen) atoms.